The highest BCUT2D eigenvalue weighted by molar-refractivity contribution is 5.98. The Labute approximate surface area is 209 Å². The van der Waals surface area contributed by atoms with Crippen molar-refractivity contribution in [3.63, 3.8) is 0 Å². The summed E-state index contributed by atoms with van der Waals surface area (Å²) >= 11 is 0. The topological polar surface area (TPSA) is 128 Å². The number of nitrogens with zero attached hydrogens (tertiary/aromatic N) is 2. The van der Waals surface area contributed by atoms with Crippen molar-refractivity contribution in [3.8, 4) is 16.9 Å². The van der Waals surface area contributed by atoms with E-state index in [1.54, 1.807) is 12.4 Å². The second-order valence-corrected chi connectivity index (χ2v) is 9.62. The average molecular weight is 491 g/mol. The van der Waals surface area contributed by atoms with Gasteiger partial charge < -0.3 is 26.8 Å². The van der Waals surface area contributed by atoms with E-state index in [0.717, 1.165) is 48.6 Å². The molecule has 0 radical (unpaired) electrons. The standard InChI is InChI=1S/C27H31FN6O2/c28-21-12-20(25(30)35)26(34-27(21)33-23-7-3-2-6-22(23)29)32-18-11-17(13-31-14-18)19-5-1-4-8-24(19)36-15-16-9-10-16/h1,4-5,8,11-14,16,22-23H,2-3,6-7,9-10,15,29H2,(H2,30,35)(H2,32,33,34)/t22-,23+/m0/s1. The maximum absolute atomic E-state index is 14.8. The summed E-state index contributed by atoms with van der Waals surface area (Å²) in [6.45, 7) is 0.699. The Kier molecular flexibility index (Phi) is 6.99. The number of carbonyl (C=O) groups is 1. The van der Waals surface area contributed by atoms with Gasteiger partial charge in [-0.15, -0.1) is 0 Å². The van der Waals surface area contributed by atoms with E-state index in [2.05, 4.69) is 20.6 Å². The molecule has 36 heavy (non-hydrogen) atoms. The van der Waals surface area contributed by atoms with Gasteiger partial charge in [-0.25, -0.2) is 9.37 Å². The minimum Gasteiger partial charge on any atom is -0.493 e. The maximum Gasteiger partial charge on any atom is 0.252 e. The number of nitrogens with two attached hydrogens (primary N) is 2. The second kappa shape index (κ2) is 10.5. The third-order valence-corrected chi connectivity index (χ3v) is 6.75. The molecular weight excluding hydrogens is 459 g/mol. The molecule has 0 saturated heterocycles. The Morgan fingerprint density at radius 1 is 1.08 bits per heavy atom. The molecule has 0 aliphatic heterocycles. The van der Waals surface area contributed by atoms with Gasteiger partial charge in [-0.3, -0.25) is 9.78 Å². The van der Waals surface area contributed by atoms with Crippen LogP contribution in [0.3, 0.4) is 0 Å². The Morgan fingerprint density at radius 3 is 2.67 bits per heavy atom. The number of halogens is 1. The summed E-state index contributed by atoms with van der Waals surface area (Å²) in [6.07, 6.45) is 9.54. The number of primary amides is 1. The first kappa shape index (κ1) is 24.0. The lowest BCUT2D eigenvalue weighted by Crippen LogP contribution is -2.43. The number of benzene rings is 1. The molecule has 2 aliphatic rings. The van der Waals surface area contributed by atoms with Gasteiger partial charge in [0.1, 0.15) is 11.6 Å². The molecule has 0 spiro atoms. The Balaban J connectivity index is 1.42. The zero-order chi connectivity index (χ0) is 25.1. The minimum absolute atomic E-state index is 0.0350. The number of carbonyl (C=O) groups excluding carboxylic acids is 1. The first-order valence-corrected chi connectivity index (χ1v) is 12.4. The van der Waals surface area contributed by atoms with Gasteiger partial charge in [0.05, 0.1) is 24.1 Å². The highest BCUT2D eigenvalue weighted by Crippen LogP contribution is 2.35. The Bertz CT molecular complexity index is 1250. The number of para-hydroxylation sites is 1. The number of anilines is 3. The third kappa shape index (κ3) is 5.57. The van der Waals surface area contributed by atoms with E-state index in [9.17, 15) is 9.18 Å². The van der Waals surface area contributed by atoms with Crippen LogP contribution in [-0.2, 0) is 0 Å². The molecular formula is C27H31FN6O2. The molecule has 2 fully saturated rings. The molecule has 6 N–H and O–H groups in total. The number of hydrogen-bond donors (Lipinski definition) is 4. The zero-order valence-corrected chi connectivity index (χ0v) is 20.0. The summed E-state index contributed by atoms with van der Waals surface area (Å²) in [5.41, 5.74) is 14.0. The minimum atomic E-state index is -0.784. The van der Waals surface area contributed by atoms with Crippen LogP contribution in [0.15, 0.2) is 48.8 Å². The smallest absolute Gasteiger partial charge is 0.252 e. The fourth-order valence-electron chi connectivity index (χ4n) is 4.50. The van der Waals surface area contributed by atoms with Crippen molar-refractivity contribution in [2.75, 3.05) is 17.2 Å². The summed E-state index contributed by atoms with van der Waals surface area (Å²) in [4.78, 5) is 20.8. The highest BCUT2D eigenvalue weighted by Gasteiger charge is 2.25. The average Bonchev–Trinajstić information content (AvgIpc) is 3.71. The van der Waals surface area contributed by atoms with Gasteiger partial charge in [0.2, 0.25) is 0 Å². The Morgan fingerprint density at radius 2 is 1.89 bits per heavy atom. The lowest BCUT2D eigenvalue weighted by molar-refractivity contribution is 0.100. The van der Waals surface area contributed by atoms with Gasteiger partial charge in [0.25, 0.3) is 5.91 Å². The molecule has 5 rings (SSSR count). The van der Waals surface area contributed by atoms with Gasteiger partial charge >= 0.3 is 0 Å². The predicted molar refractivity (Wildman–Crippen MR) is 138 cm³/mol. The van der Waals surface area contributed by atoms with Crippen LogP contribution >= 0.6 is 0 Å². The number of hydrogen-bond acceptors (Lipinski definition) is 7. The summed E-state index contributed by atoms with van der Waals surface area (Å²) in [6, 6.07) is 10.6. The number of amides is 1. The van der Waals surface area contributed by atoms with E-state index in [1.807, 2.05) is 30.3 Å². The molecule has 3 aromatic rings. The van der Waals surface area contributed by atoms with Gasteiger partial charge in [-0.05, 0) is 49.8 Å². The summed E-state index contributed by atoms with van der Waals surface area (Å²) in [5.74, 6) is 0.164. The molecule has 2 saturated carbocycles. The van der Waals surface area contributed by atoms with E-state index in [-0.39, 0.29) is 29.3 Å². The van der Waals surface area contributed by atoms with Crippen LogP contribution in [0.4, 0.5) is 21.7 Å². The molecule has 9 heteroatoms. The van der Waals surface area contributed by atoms with E-state index in [0.29, 0.717) is 18.2 Å². The first-order chi connectivity index (χ1) is 17.5. The molecule has 2 aliphatic carbocycles. The van der Waals surface area contributed by atoms with Crippen molar-refractivity contribution in [1.29, 1.82) is 0 Å². The molecule has 1 amide bonds. The monoisotopic (exact) mass is 490 g/mol. The zero-order valence-electron chi connectivity index (χ0n) is 20.0. The maximum atomic E-state index is 14.8. The first-order valence-electron chi connectivity index (χ1n) is 12.4. The summed E-state index contributed by atoms with van der Waals surface area (Å²) in [5, 5.41) is 6.24. The van der Waals surface area contributed by atoms with Gasteiger partial charge in [0.15, 0.2) is 11.6 Å². The fraction of sp³-hybridized carbons (Fsp3) is 0.370. The number of aromatic nitrogens is 2. The van der Waals surface area contributed by atoms with E-state index < -0.39 is 11.7 Å². The summed E-state index contributed by atoms with van der Waals surface area (Å²) in [7, 11) is 0. The quantitative estimate of drug-likeness (QED) is 0.345. The van der Waals surface area contributed by atoms with Crippen molar-refractivity contribution >= 4 is 23.2 Å². The molecule has 0 unspecified atom stereocenters. The molecule has 2 atom stereocenters. The second-order valence-electron chi connectivity index (χ2n) is 9.62. The van der Waals surface area contributed by atoms with Gasteiger partial charge in [-0.1, -0.05) is 31.0 Å². The predicted octanol–water partition coefficient (Wildman–Crippen LogP) is 4.60. The van der Waals surface area contributed by atoms with E-state index in [4.69, 9.17) is 16.2 Å². The van der Waals surface area contributed by atoms with Crippen molar-refractivity contribution in [1.82, 2.24) is 9.97 Å². The van der Waals surface area contributed by atoms with Crippen LogP contribution in [0.25, 0.3) is 11.1 Å². The van der Waals surface area contributed by atoms with E-state index in [1.165, 1.54) is 12.8 Å². The molecule has 1 aromatic carbocycles. The van der Waals surface area contributed by atoms with Crippen molar-refractivity contribution in [2.24, 2.45) is 17.4 Å². The van der Waals surface area contributed by atoms with Crippen molar-refractivity contribution in [3.05, 3.63) is 60.2 Å². The van der Waals surface area contributed by atoms with Gasteiger partial charge in [0, 0.05) is 29.4 Å². The number of rotatable bonds is 9. The molecule has 8 nitrogen and oxygen atoms in total. The number of ether oxygens (including phenoxy) is 1. The van der Waals surface area contributed by atoms with E-state index >= 15 is 0 Å². The largest absolute Gasteiger partial charge is 0.493 e. The lowest BCUT2D eigenvalue weighted by Gasteiger charge is -2.30. The molecule has 188 valence electrons. The molecule has 2 aromatic heterocycles. The Hall–Kier alpha value is -3.72. The molecule has 2 heterocycles. The number of pyridine rings is 2. The highest BCUT2D eigenvalue weighted by atomic mass is 19.1. The van der Waals surface area contributed by atoms with Crippen molar-refractivity contribution in [2.45, 2.75) is 50.6 Å². The molecule has 0 bridgehead atoms. The third-order valence-electron chi connectivity index (χ3n) is 6.75. The van der Waals surface area contributed by atoms with Gasteiger partial charge in [-0.2, -0.15) is 0 Å². The van der Waals surface area contributed by atoms with Crippen LogP contribution in [0.2, 0.25) is 0 Å². The van der Waals surface area contributed by atoms with Crippen LogP contribution in [0.5, 0.6) is 5.75 Å². The fourth-order valence-corrected chi connectivity index (χ4v) is 4.50. The van der Waals surface area contributed by atoms with Crippen molar-refractivity contribution < 1.29 is 13.9 Å². The lowest BCUT2D eigenvalue weighted by atomic mass is 9.91. The van der Waals surface area contributed by atoms with Crippen LogP contribution in [0.1, 0.15) is 48.9 Å². The number of nitrogens with one attached hydrogen (secondary N) is 2. The SMILES string of the molecule is NC(=O)c1cc(F)c(N[C@@H]2CCCC[C@@H]2N)nc1Nc1cncc(-c2ccccc2OCC2CC2)c1. The van der Waals surface area contributed by atoms with Crippen LogP contribution in [-0.4, -0.2) is 34.6 Å². The normalized spacial score (nSPS) is 19.5. The summed E-state index contributed by atoms with van der Waals surface area (Å²) < 4.78 is 20.9. The van der Waals surface area contributed by atoms with Crippen LogP contribution in [0, 0.1) is 11.7 Å². The van der Waals surface area contributed by atoms with Crippen LogP contribution < -0.4 is 26.8 Å².